The number of benzene rings is 1. The maximum atomic E-state index is 13.4. The fourth-order valence-electron chi connectivity index (χ4n) is 1.74. The van der Waals surface area contributed by atoms with Gasteiger partial charge in [-0.1, -0.05) is 6.07 Å². The number of sulfonamides is 1. The van der Waals surface area contributed by atoms with Crippen molar-refractivity contribution in [1.82, 2.24) is 4.98 Å². The van der Waals surface area contributed by atoms with Gasteiger partial charge in [-0.15, -0.1) is 0 Å². The third kappa shape index (κ3) is 2.78. The summed E-state index contributed by atoms with van der Waals surface area (Å²) < 4.78 is 40.4. The second-order valence-corrected chi connectivity index (χ2v) is 5.82. The molecule has 7 heteroatoms. The fraction of sp³-hybridized carbons (Fsp3) is 0.154. The lowest BCUT2D eigenvalue weighted by Crippen LogP contribution is -2.18. The van der Waals surface area contributed by atoms with Gasteiger partial charge in [0.25, 0.3) is 10.0 Å². The molecule has 20 heavy (non-hydrogen) atoms. The van der Waals surface area contributed by atoms with Crippen LogP contribution < -0.4 is 10.5 Å². The lowest BCUT2D eigenvalue weighted by molar-refractivity contribution is 0.598. The van der Waals surface area contributed by atoms with Crippen molar-refractivity contribution >= 4 is 15.7 Å². The van der Waals surface area contributed by atoms with Crippen LogP contribution in [0.3, 0.4) is 0 Å². The molecule has 0 aliphatic carbocycles. The first-order chi connectivity index (χ1) is 9.45. The topological polar surface area (TPSA) is 85.1 Å². The standard InChI is InChI=1S/C13H14FN3O2S/c1-9-10(14)4-2-5-11(9)17-20(18,19)13-6-3-7-16-12(13)8-15/h2-7,17H,8,15H2,1H3. The van der Waals surface area contributed by atoms with Gasteiger partial charge >= 0.3 is 0 Å². The first-order valence-corrected chi connectivity index (χ1v) is 7.36. The molecule has 1 heterocycles. The van der Waals surface area contributed by atoms with Crippen molar-refractivity contribution in [3.63, 3.8) is 0 Å². The van der Waals surface area contributed by atoms with E-state index in [1.54, 1.807) is 0 Å². The zero-order chi connectivity index (χ0) is 14.8. The van der Waals surface area contributed by atoms with Gasteiger partial charge in [0, 0.05) is 18.3 Å². The van der Waals surface area contributed by atoms with Gasteiger partial charge in [-0.25, -0.2) is 12.8 Å². The van der Waals surface area contributed by atoms with E-state index in [4.69, 9.17) is 5.73 Å². The Balaban J connectivity index is 2.44. The quantitative estimate of drug-likeness (QED) is 0.900. The van der Waals surface area contributed by atoms with E-state index >= 15 is 0 Å². The summed E-state index contributed by atoms with van der Waals surface area (Å²) in [4.78, 5) is 3.92. The van der Waals surface area contributed by atoms with Gasteiger partial charge in [0.05, 0.1) is 11.4 Å². The molecule has 2 rings (SSSR count). The molecule has 0 spiro atoms. The summed E-state index contributed by atoms with van der Waals surface area (Å²) in [6, 6.07) is 7.11. The molecular weight excluding hydrogens is 281 g/mol. The molecule has 0 aliphatic heterocycles. The van der Waals surface area contributed by atoms with E-state index in [-0.39, 0.29) is 28.4 Å². The smallest absolute Gasteiger partial charge is 0.263 e. The molecule has 0 saturated carbocycles. The summed E-state index contributed by atoms with van der Waals surface area (Å²) in [7, 11) is -3.85. The molecule has 0 aliphatic rings. The van der Waals surface area contributed by atoms with E-state index < -0.39 is 15.8 Å². The highest BCUT2D eigenvalue weighted by Gasteiger charge is 2.19. The molecule has 0 unspecified atom stereocenters. The number of aromatic nitrogens is 1. The summed E-state index contributed by atoms with van der Waals surface area (Å²) >= 11 is 0. The molecule has 0 bridgehead atoms. The number of halogens is 1. The normalized spacial score (nSPS) is 11.3. The highest BCUT2D eigenvalue weighted by molar-refractivity contribution is 7.92. The number of nitrogens with two attached hydrogens (primary N) is 1. The van der Waals surface area contributed by atoms with Crippen molar-refractivity contribution in [1.29, 1.82) is 0 Å². The maximum Gasteiger partial charge on any atom is 0.263 e. The second kappa shape index (κ2) is 5.56. The highest BCUT2D eigenvalue weighted by atomic mass is 32.2. The first-order valence-electron chi connectivity index (χ1n) is 5.87. The van der Waals surface area contributed by atoms with E-state index in [9.17, 15) is 12.8 Å². The van der Waals surface area contributed by atoms with E-state index in [2.05, 4.69) is 9.71 Å². The number of hydrogen-bond donors (Lipinski definition) is 2. The summed E-state index contributed by atoms with van der Waals surface area (Å²) in [5.41, 5.74) is 6.16. The van der Waals surface area contributed by atoms with Gasteiger partial charge in [0.15, 0.2) is 0 Å². The molecule has 0 radical (unpaired) electrons. The van der Waals surface area contributed by atoms with Crippen molar-refractivity contribution in [3.05, 3.63) is 53.6 Å². The molecular formula is C13H14FN3O2S. The van der Waals surface area contributed by atoms with Gasteiger partial charge < -0.3 is 5.73 Å². The summed E-state index contributed by atoms with van der Waals surface area (Å²) in [6.45, 7) is 1.50. The average molecular weight is 295 g/mol. The van der Waals surface area contributed by atoms with Crippen LogP contribution in [0.1, 0.15) is 11.3 Å². The van der Waals surface area contributed by atoms with Crippen LogP contribution in [-0.4, -0.2) is 13.4 Å². The summed E-state index contributed by atoms with van der Waals surface area (Å²) in [5, 5.41) is 0. The number of nitrogens with zero attached hydrogens (tertiary/aromatic N) is 1. The Bertz CT molecular complexity index is 732. The molecule has 3 N–H and O–H groups in total. The van der Waals surface area contributed by atoms with E-state index in [1.807, 2.05) is 0 Å². The number of anilines is 1. The van der Waals surface area contributed by atoms with Crippen molar-refractivity contribution in [3.8, 4) is 0 Å². The van der Waals surface area contributed by atoms with Gasteiger partial charge in [-0.3, -0.25) is 9.71 Å². The Labute approximate surface area is 116 Å². The fourth-order valence-corrected chi connectivity index (χ4v) is 3.06. The number of rotatable bonds is 4. The molecule has 106 valence electrons. The molecule has 2 aromatic rings. The monoisotopic (exact) mass is 295 g/mol. The first kappa shape index (κ1) is 14.4. The highest BCUT2D eigenvalue weighted by Crippen LogP contribution is 2.22. The van der Waals surface area contributed by atoms with Gasteiger partial charge in [0.2, 0.25) is 0 Å². The van der Waals surface area contributed by atoms with Crippen LogP contribution in [0.25, 0.3) is 0 Å². The van der Waals surface area contributed by atoms with Gasteiger partial charge in [0.1, 0.15) is 10.7 Å². The van der Waals surface area contributed by atoms with Crippen LogP contribution in [0, 0.1) is 12.7 Å². The summed E-state index contributed by atoms with van der Waals surface area (Å²) in [6.07, 6.45) is 1.47. The molecule has 0 atom stereocenters. The molecule has 1 aromatic heterocycles. The SMILES string of the molecule is Cc1c(F)cccc1NS(=O)(=O)c1cccnc1CN. The zero-order valence-electron chi connectivity index (χ0n) is 10.8. The van der Waals surface area contributed by atoms with Crippen LogP contribution in [0.2, 0.25) is 0 Å². The van der Waals surface area contributed by atoms with Crippen molar-refractivity contribution < 1.29 is 12.8 Å². The van der Waals surface area contributed by atoms with Gasteiger partial charge in [-0.05, 0) is 31.2 Å². The van der Waals surface area contributed by atoms with Crippen LogP contribution >= 0.6 is 0 Å². The van der Waals surface area contributed by atoms with E-state index in [0.29, 0.717) is 0 Å². The lowest BCUT2D eigenvalue weighted by atomic mass is 10.2. The molecule has 1 aromatic carbocycles. The maximum absolute atomic E-state index is 13.4. The predicted molar refractivity (Wildman–Crippen MR) is 74.1 cm³/mol. The van der Waals surface area contributed by atoms with Crippen LogP contribution in [-0.2, 0) is 16.6 Å². The van der Waals surface area contributed by atoms with Crippen molar-refractivity contribution in [2.45, 2.75) is 18.4 Å². The second-order valence-electron chi connectivity index (χ2n) is 4.17. The number of nitrogens with one attached hydrogen (secondary N) is 1. The summed E-state index contributed by atoms with van der Waals surface area (Å²) in [5.74, 6) is -0.476. The molecule has 5 nitrogen and oxygen atoms in total. The third-order valence-corrected chi connectivity index (χ3v) is 4.28. The minimum atomic E-state index is -3.85. The Morgan fingerprint density at radius 2 is 2.05 bits per heavy atom. The number of pyridine rings is 1. The van der Waals surface area contributed by atoms with Crippen molar-refractivity contribution in [2.75, 3.05) is 4.72 Å². The largest absolute Gasteiger partial charge is 0.325 e. The Morgan fingerprint density at radius 1 is 1.30 bits per heavy atom. The van der Waals surface area contributed by atoms with Crippen LogP contribution in [0.4, 0.5) is 10.1 Å². The van der Waals surface area contributed by atoms with Crippen LogP contribution in [0.5, 0.6) is 0 Å². The predicted octanol–water partition coefficient (Wildman–Crippen LogP) is 1.79. The average Bonchev–Trinajstić information content (AvgIpc) is 2.43. The van der Waals surface area contributed by atoms with E-state index in [1.165, 1.54) is 43.5 Å². The Hall–Kier alpha value is -1.99. The molecule has 0 fully saturated rings. The van der Waals surface area contributed by atoms with Gasteiger partial charge in [-0.2, -0.15) is 0 Å². The van der Waals surface area contributed by atoms with Crippen molar-refractivity contribution in [2.24, 2.45) is 5.73 Å². The molecule has 0 amide bonds. The zero-order valence-corrected chi connectivity index (χ0v) is 11.6. The minimum Gasteiger partial charge on any atom is -0.325 e. The number of hydrogen-bond acceptors (Lipinski definition) is 4. The lowest BCUT2D eigenvalue weighted by Gasteiger charge is -2.12. The Morgan fingerprint density at radius 3 is 2.75 bits per heavy atom. The minimum absolute atomic E-state index is 0.000778. The van der Waals surface area contributed by atoms with E-state index in [0.717, 1.165) is 0 Å². The Kier molecular flexibility index (Phi) is 4.01. The molecule has 0 saturated heterocycles. The third-order valence-electron chi connectivity index (χ3n) is 2.84. The van der Waals surface area contributed by atoms with Crippen LogP contribution in [0.15, 0.2) is 41.4 Å².